The zero-order valence-electron chi connectivity index (χ0n) is 11.1. The van der Waals surface area contributed by atoms with Crippen LogP contribution in [0, 0.1) is 20.8 Å². The first-order valence-corrected chi connectivity index (χ1v) is 6.62. The highest BCUT2D eigenvalue weighted by Gasteiger charge is 2.08. The Hall–Kier alpha value is -1.95. The van der Waals surface area contributed by atoms with E-state index < -0.39 is 0 Å². The molecule has 1 aromatic carbocycles. The van der Waals surface area contributed by atoms with Gasteiger partial charge in [-0.3, -0.25) is 10.1 Å². The Morgan fingerprint density at radius 3 is 2.79 bits per heavy atom. The van der Waals surface area contributed by atoms with E-state index in [1.54, 1.807) is 6.92 Å². The lowest BCUT2D eigenvalue weighted by atomic mass is 10.1. The van der Waals surface area contributed by atoms with Gasteiger partial charge in [-0.1, -0.05) is 17.7 Å². The highest BCUT2D eigenvalue weighted by Crippen LogP contribution is 2.18. The number of aryl methyl sites for hydroxylation is 3. The molecule has 5 nitrogen and oxygen atoms in total. The van der Waals surface area contributed by atoms with Crippen LogP contribution in [0.15, 0.2) is 18.2 Å². The minimum absolute atomic E-state index is 0.0392. The molecule has 1 heterocycles. The lowest BCUT2D eigenvalue weighted by Gasteiger charge is -2.09. The number of ether oxygens (including phenoxy) is 1. The van der Waals surface area contributed by atoms with E-state index in [-0.39, 0.29) is 12.5 Å². The molecule has 2 aromatic rings. The zero-order chi connectivity index (χ0) is 13.8. The van der Waals surface area contributed by atoms with Crippen molar-refractivity contribution in [2.75, 3.05) is 11.9 Å². The number of benzene rings is 1. The summed E-state index contributed by atoms with van der Waals surface area (Å²) in [6.45, 7) is 5.70. The van der Waals surface area contributed by atoms with Crippen LogP contribution in [0.2, 0.25) is 0 Å². The highest BCUT2D eigenvalue weighted by atomic mass is 32.1. The van der Waals surface area contributed by atoms with Gasteiger partial charge in [0.2, 0.25) is 5.13 Å². The largest absolute Gasteiger partial charge is 0.483 e. The number of carbonyl (C=O) groups is 1. The second-order valence-electron chi connectivity index (χ2n) is 4.25. The third-order valence-corrected chi connectivity index (χ3v) is 3.18. The molecule has 2 rings (SSSR count). The second kappa shape index (κ2) is 5.79. The molecule has 0 spiro atoms. The molecule has 0 saturated carbocycles. The second-order valence-corrected chi connectivity index (χ2v) is 5.00. The maximum Gasteiger partial charge on any atom is 0.264 e. The summed E-state index contributed by atoms with van der Waals surface area (Å²) in [6.07, 6.45) is 0. The zero-order valence-corrected chi connectivity index (χ0v) is 11.9. The van der Waals surface area contributed by atoms with Crippen molar-refractivity contribution >= 4 is 22.6 Å². The van der Waals surface area contributed by atoms with Crippen molar-refractivity contribution in [2.45, 2.75) is 20.8 Å². The van der Waals surface area contributed by atoms with Crippen LogP contribution in [0.3, 0.4) is 0 Å². The lowest BCUT2D eigenvalue weighted by molar-refractivity contribution is -0.118. The first-order valence-electron chi connectivity index (χ1n) is 5.85. The molecule has 0 fully saturated rings. The molecule has 0 aliphatic rings. The molecule has 0 aliphatic heterocycles. The number of nitrogens with one attached hydrogen (secondary N) is 1. The van der Waals surface area contributed by atoms with Crippen LogP contribution in [0.4, 0.5) is 5.13 Å². The number of hydrogen-bond donors (Lipinski definition) is 1. The fraction of sp³-hybridized carbons (Fsp3) is 0.308. The van der Waals surface area contributed by atoms with Gasteiger partial charge >= 0.3 is 0 Å². The van der Waals surface area contributed by atoms with Gasteiger partial charge in [-0.25, -0.2) is 4.98 Å². The first-order chi connectivity index (χ1) is 9.04. The summed E-state index contributed by atoms with van der Waals surface area (Å²) in [5, 5.41) is 3.14. The van der Waals surface area contributed by atoms with Crippen LogP contribution in [0.5, 0.6) is 5.75 Å². The highest BCUT2D eigenvalue weighted by molar-refractivity contribution is 7.09. The molecule has 0 atom stereocenters. The summed E-state index contributed by atoms with van der Waals surface area (Å²) in [5.41, 5.74) is 2.18. The molecule has 0 radical (unpaired) electrons. The number of carbonyl (C=O) groups excluding carboxylic acids is 1. The van der Waals surface area contributed by atoms with Crippen LogP contribution < -0.4 is 10.1 Å². The Kier molecular flexibility index (Phi) is 4.11. The predicted molar refractivity (Wildman–Crippen MR) is 74.7 cm³/mol. The van der Waals surface area contributed by atoms with E-state index in [2.05, 4.69) is 14.7 Å². The summed E-state index contributed by atoms with van der Waals surface area (Å²) in [5.74, 6) is 1.13. The van der Waals surface area contributed by atoms with Gasteiger partial charge in [0.05, 0.1) is 0 Å². The van der Waals surface area contributed by atoms with Gasteiger partial charge in [-0.05, 0) is 32.4 Å². The van der Waals surface area contributed by atoms with Crippen molar-refractivity contribution in [2.24, 2.45) is 0 Å². The predicted octanol–water partition coefficient (Wildman–Crippen LogP) is 2.48. The average Bonchev–Trinajstić information content (AvgIpc) is 2.73. The van der Waals surface area contributed by atoms with Gasteiger partial charge in [0.1, 0.15) is 11.6 Å². The Balaban J connectivity index is 1.89. The Morgan fingerprint density at radius 1 is 1.37 bits per heavy atom. The average molecular weight is 277 g/mol. The van der Waals surface area contributed by atoms with E-state index in [1.807, 2.05) is 32.0 Å². The summed E-state index contributed by atoms with van der Waals surface area (Å²) in [4.78, 5) is 15.7. The number of amides is 1. The summed E-state index contributed by atoms with van der Waals surface area (Å²) < 4.78 is 9.46. The monoisotopic (exact) mass is 277 g/mol. The molecule has 19 heavy (non-hydrogen) atoms. The van der Waals surface area contributed by atoms with Crippen LogP contribution in [0.1, 0.15) is 17.0 Å². The maximum atomic E-state index is 11.7. The number of aromatic nitrogens is 2. The van der Waals surface area contributed by atoms with E-state index in [0.29, 0.717) is 16.7 Å². The van der Waals surface area contributed by atoms with E-state index in [9.17, 15) is 4.79 Å². The van der Waals surface area contributed by atoms with E-state index in [4.69, 9.17) is 4.74 Å². The molecule has 1 aromatic heterocycles. The summed E-state index contributed by atoms with van der Waals surface area (Å²) in [6, 6.07) is 5.84. The number of nitrogens with zero attached hydrogens (tertiary/aromatic N) is 2. The molecule has 0 aliphatic carbocycles. The van der Waals surface area contributed by atoms with Crippen LogP contribution in [0.25, 0.3) is 0 Å². The normalized spacial score (nSPS) is 10.3. The Bertz CT molecular complexity index is 595. The minimum Gasteiger partial charge on any atom is -0.483 e. The molecule has 100 valence electrons. The van der Waals surface area contributed by atoms with E-state index >= 15 is 0 Å². The molecule has 0 bridgehead atoms. The number of hydrogen-bond acceptors (Lipinski definition) is 5. The van der Waals surface area contributed by atoms with Crippen molar-refractivity contribution in [1.82, 2.24) is 9.36 Å². The van der Waals surface area contributed by atoms with Crippen molar-refractivity contribution < 1.29 is 9.53 Å². The van der Waals surface area contributed by atoms with Gasteiger partial charge in [-0.2, -0.15) is 4.37 Å². The smallest absolute Gasteiger partial charge is 0.264 e. The Labute approximate surface area is 115 Å². The van der Waals surface area contributed by atoms with Crippen LogP contribution in [-0.4, -0.2) is 21.9 Å². The van der Waals surface area contributed by atoms with Gasteiger partial charge in [-0.15, -0.1) is 0 Å². The third kappa shape index (κ3) is 3.75. The number of rotatable bonds is 4. The van der Waals surface area contributed by atoms with Crippen molar-refractivity contribution in [3.8, 4) is 5.75 Å². The molecule has 1 amide bonds. The summed E-state index contributed by atoms with van der Waals surface area (Å²) >= 11 is 1.16. The van der Waals surface area contributed by atoms with Gasteiger partial charge in [0.15, 0.2) is 6.61 Å². The van der Waals surface area contributed by atoms with Gasteiger partial charge < -0.3 is 4.74 Å². The van der Waals surface area contributed by atoms with E-state index in [0.717, 1.165) is 17.1 Å². The minimum atomic E-state index is -0.240. The van der Waals surface area contributed by atoms with Gasteiger partial charge in [0, 0.05) is 11.5 Å². The molecule has 6 heteroatoms. The fourth-order valence-corrected chi connectivity index (χ4v) is 2.20. The molecular weight excluding hydrogens is 262 g/mol. The molecule has 0 unspecified atom stereocenters. The van der Waals surface area contributed by atoms with Crippen molar-refractivity contribution in [3.63, 3.8) is 0 Å². The molecule has 0 saturated heterocycles. The van der Waals surface area contributed by atoms with Crippen molar-refractivity contribution in [3.05, 3.63) is 35.2 Å². The fourth-order valence-electron chi connectivity index (χ4n) is 1.61. The number of anilines is 1. The lowest BCUT2D eigenvalue weighted by Crippen LogP contribution is -2.20. The topological polar surface area (TPSA) is 64.1 Å². The van der Waals surface area contributed by atoms with E-state index in [1.165, 1.54) is 5.56 Å². The maximum absolute atomic E-state index is 11.7. The standard InChI is InChI=1S/C13H15N3O2S/c1-8-4-5-11(9(2)6-8)18-7-12(17)15-13-14-10(3)16-19-13/h4-6H,7H2,1-3H3,(H,14,15,16,17). The first kappa shape index (κ1) is 13.5. The van der Waals surface area contributed by atoms with Crippen LogP contribution in [-0.2, 0) is 4.79 Å². The molecule has 1 N–H and O–H groups in total. The quantitative estimate of drug-likeness (QED) is 0.932. The van der Waals surface area contributed by atoms with Crippen molar-refractivity contribution in [1.29, 1.82) is 0 Å². The Morgan fingerprint density at radius 2 is 2.16 bits per heavy atom. The SMILES string of the molecule is Cc1ccc(OCC(=O)Nc2nc(C)ns2)c(C)c1. The summed E-state index contributed by atoms with van der Waals surface area (Å²) in [7, 11) is 0. The van der Waals surface area contributed by atoms with Gasteiger partial charge in [0.25, 0.3) is 5.91 Å². The molecular formula is C13H15N3O2S. The van der Waals surface area contributed by atoms with Crippen LogP contribution >= 0.6 is 11.5 Å². The third-order valence-electron chi connectivity index (χ3n) is 2.46.